The van der Waals surface area contributed by atoms with Gasteiger partial charge in [0.1, 0.15) is 0 Å². The number of fused-ring (bicyclic) bond motifs is 2. The number of halogens is 1. The van der Waals surface area contributed by atoms with Crippen LogP contribution >= 0.6 is 11.6 Å². The summed E-state index contributed by atoms with van der Waals surface area (Å²) >= 11 is 5.55. The number of rotatable bonds is 2. The lowest BCUT2D eigenvalue weighted by atomic mass is 9.85. The molecular formula is C9H12ClNO3. The van der Waals surface area contributed by atoms with E-state index >= 15 is 0 Å². The van der Waals surface area contributed by atoms with Crippen LogP contribution in [0.5, 0.6) is 0 Å². The number of hydrogen-bond acceptors (Lipinski definition) is 2. The molecule has 2 rings (SSSR count). The Morgan fingerprint density at radius 3 is 2.14 bits per heavy atom. The van der Waals surface area contributed by atoms with E-state index in [1.807, 2.05) is 0 Å². The molecule has 0 saturated heterocycles. The zero-order valence-electron chi connectivity index (χ0n) is 7.68. The van der Waals surface area contributed by atoms with Crippen molar-refractivity contribution in [3.05, 3.63) is 0 Å². The first-order valence-corrected chi connectivity index (χ1v) is 5.07. The molecule has 2 aliphatic carbocycles. The maximum absolute atomic E-state index is 11.2. The molecule has 0 atom stereocenters. The third kappa shape index (κ3) is 1.29. The van der Waals surface area contributed by atoms with Gasteiger partial charge in [-0.25, -0.2) is 4.79 Å². The molecule has 78 valence electrons. The van der Waals surface area contributed by atoms with E-state index in [0.29, 0.717) is 6.42 Å². The van der Waals surface area contributed by atoms with Crippen LogP contribution in [0.4, 0.5) is 4.79 Å². The lowest BCUT2D eigenvalue weighted by Gasteiger charge is -2.26. The van der Waals surface area contributed by atoms with Gasteiger partial charge in [0.2, 0.25) is 5.24 Å². The number of carbonyl (C=O) groups excluding carboxylic acids is 1. The van der Waals surface area contributed by atoms with Gasteiger partial charge in [0.15, 0.2) is 0 Å². The second-order valence-corrected chi connectivity index (χ2v) is 4.78. The molecule has 0 heterocycles. The van der Waals surface area contributed by atoms with Gasteiger partial charge in [-0.05, 0) is 43.7 Å². The van der Waals surface area contributed by atoms with Crippen LogP contribution in [0.15, 0.2) is 0 Å². The van der Waals surface area contributed by atoms with Crippen molar-refractivity contribution in [1.82, 2.24) is 5.32 Å². The molecule has 14 heavy (non-hydrogen) atoms. The summed E-state index contributed by atoms with van der Waals surface area (Å²) in [4.78, 5) is 21.8. The summed E-state index contributed by atoms with van der Waals surface area (Å²) in [6.45, 7) is 0. The molecule has 0 unspecified atom stereocenters. The summed E-state index contributed by atoms with van der Waals surface area (Å²) in [6, 6.07) is 0. The Labute approximate surface area is 86.6 Å². The van der Waals surface area contributed by atoms with E-state index in [4.69, 9.17) is 16.7 Å². The summed E-state index contributed by atoms with van der Waals surface area (Å²) in [5.74, 6) is 0. The average molecular weight is 218 g/mol. The summed E-state index contributed by atoms with van der Waals surface area (Å²) < 4.78 is 0. The van der Waals surface area contributed by atoms with Gasteiger partial charge in [-0.1, -0.05) is 0 Å². The zero-order chi connectivity index (χ0) is 10.4. The Hall–Kier alpha value is -0.770. The number of hydrogen-bond donors (Lipinski definition) is 2. The maximum atomic E-state index is 11.2. The molecule has 5 heteroatoms. The largest absolute Gasteiger partial charge is 0.465 e. The minimum absolute atomic E-state index is 0.302. The third-order valence-corrected chi connectivity index (χ3v) is 4.03. The van der Waals surface area contributed by atoms with E-state index in [-0.39, 0.29) is 10.8 Å². The topological polar surface area (TPSA) is 66.4 Å². The van der Waals surface area contributed by atoms with Gasteiger partial charge < -0.3 is 10.4 Å². The molecule has 0 aliphatic heterocycles. The predicted octanol–water partition coefficient (Wildman–Crippen LogP) is 1.72. The first-order chi connectivity index (χ1) is 6.48. The molecular weight excluding hydrogens is 206 g/mol. The van der Waals surface area contributed by atoms with E-state index < -0.39 is 11.5 Å². The van der Waals surface area contributed by atoms with E-state index in [1.165, 1.54) is 0 Å². The maximum Gasteiger partial charge on any atom is 0.405 e. The molecule has 1 amide bonds. The smallest absolute Gasteiger partial charge is 0.405 e. The van der Waals surface area contributed by atoms with Crippen LogP contribution < -0.4 is 5.32 Å². The Kier molecular flexibility index (Phi) is 2.00. The number of amides is 1. The summed E-state index contributed by atoms with van der Waals surface area (Å²) in [5.41, 5.74) is -0.819. The van der Waals surface area contributed by atoms with Crippen LogP contribution in [0.25, 0.3) is 0 Å². The third-order valence-electron chi connectivity index (χ3n) is 3.63. The van der Waals surface area contributed by atoms with Crippen LogP contribution in [0.3, 0.4) is 0 Å². The van der Waals surface area contributed by atoms with Crippen LogP contribution in [-0.2, 0) is 4.79 Å². The zero-order valence-corrected chi connectivity index (χ0v) is 8.43. The molecule has 0 aromatic heterocycles. The minimum Gasteiger partial charge on any atom is -0.465 e. The first-order valence-electron chi connectivity index (χ1n) is 4.69. The minimum atomic E-state index is -1.01. The Morgan fingerprint density at radius 1 is 1.21 bits per heavy atom. The Morgan fingerprint density at radius 2 is 1.79 bits per heavy atom. The fourth-order valence-electron chi connectivity index (χ4n) is 2.87. The predicted molar refractivity (Wildman–Crippen MR) is 50.3 cm³/mol. The lowest BCUT2D eigenvalue weighted by Crippen LogP contribution is -2.44. The van der Waals surface area contributed by atoms with Crippen molar-refractivity contribution in [3.8, 4) is 0 Å². The van der Waals surface area contributed by atoms with Crippen molar-refractivity contribution in [3.63, 3.8) is 0 Å². The highest BCUT2D eigenvalue weighted by molar-refractivity contribution is 6.64. The van der Waals surface area contributed by atoms with Gasteiger partial charge in [0, 0.05) is 11.0 Å². The molecule has 2 aliphatic rings. The molecule has 2 saturated carbocycles. The van der Waals surface area contributed by atoms with Gasteiger partial charge in [-0.3, -0.25) is 4.79 Å². The monoisotopic (exact) mass is 217 g/mol. The van der Waals surface area contributed by atoms with E-state index in [9.17, 15) is 9.59 Å². The number of carbonyl (C=O) groups is 2. The van der Waals surface area contributed by atoms with Crippen LogP contribution in [0.1, 0.15) is 32.1 Å². The van der Waals surface area contributed by atoms with Gasteiger partial charge in [0.05, 0.1) is 0 Å². The highest BCUT2D eigenvalue weighted by Gasteiger charge is 2.58. The van der Waals surface area contributed by atoms with Gasteiger partial charge >= 0.3 is 6.09 Å². The second-order valence-electron chi connectivity index (χ2n) is 4.44. The van der Waals surface area contributed by atoms with Crippen LogP contribution in [0.2, 0.25) is 0 Å². The van der Waals surface area contributed by atoms with Crippen molar-refractivity contribution in [1.29, 1.82) is 0 Å². The molecule has 0 aromatic rings. The second kappa shape index (κ2) is 2.86. The summed E-state index contributed by atoms with van der Waals surface area (Å²) in [5, 5.41) is 10.9. The average Bonchev–Trinajstić information content (AvgIpc) is 2.58. The molecule has 2 fully saturated rings. The molecule has 0 radical (unpaired) electrons. The van der Waals surface area contributed by atoms with Gasteiger partial charge in [-0.15, -0.1) is 0 Å². The highest BCUT2D eigenvalue weighted by Crippen LogP contribution is 2.57. The Balaban J connectivity index is 2.16. The number of nitrogens with one attached hydrogen (secondary N) is 1. The standard InChI is InChI=1S/C9H12ClNO3/c10-6(12)8-1-3-9(5-8,4-2-8)11-7(13)14/h11H,1-5H2,(H,13,14). The summed E-state index contributed by atoms with van der Waals surface area (Å²) in [7, 11) is 0. The molecule has 0 aromatic carbocycles. The lowest BCUT2D eigenvalue weighted by molar-refractivity contribution is -0.120. The Bertz CT molecular complexity index is 294. The van der Waals surface area contributed by atoms with Crippen molar-refractivity contribution in [2.45, 2.75) is 37.6 Å². The van der Waals surface area contributed by atoms with Gasteiger partial charge in [-0.2, -0.15) is 0 Å². The quantitative estimate of drug-likeness (QED) is 0.693. The molecule has 2 N–H and O–H groups in total. The van der Waals surface area contributed by atoms with Gasteiger partial charge in [0.25, 0.3) is 0 Å². The van der Waals surface area contributed by atoms with Crippen LogP contribution in [0, 0.1) is 5.41 Å². The fraction of sp³-hybridized carbons (Fsp3) is 0.778. The van der Waals surface area contributed by atoms with Crippen molar-refractivity contribution in [2.75, 3.05) is 0 Å². The number of carboxylic acid groups (broad SMARTS) is 1. The van der Waals surface area contributed by atoms with E-state index in [2.05, 4.69) is 5.32 Å². The van der Waals surface area contributed by atoms with Crippen molar-refractivity contribution < 1.29 is 14.7 Å². The summed E-state index contributed by atoms with van der Waals surface area (Å²) in [6.07, 6.45) is 2.47. The molecule has 4 nitrogen and oxygen atoms in total. The SMILES string of the molecule is O=C(O)NC12CCC(C(=O)Cl)(CC1)C2. The normalized spacial score (nSPS) is 39.8. The molecule has 2 bridgehead atoms. The van der Waals surface area contributed by atoms with E-state index in [0.717, 1.165) is 25.7 Å². The first kappa shape index (κ1) is 9.77. The fourth-order valence-corrected chi connectivity index (χ4v) is 3.13. The van der Waals surface area contributed by atoms with E-state index in [1.54, 1.807) is 0 Å². The van der Waals surface area contributed by atoms with Crippen molar-refractivity contribution in [2.24, 2.45) is 5.41 Å². The highest BCUT2D eigenvalue weighted by atomic mass is 35.5. The van der Waals surface area contributed by atoms with Crippen molar-refractivity contribution >= 4 is 22.9 Å². The van der Waals surface area contributed by atoms with Crippen LogP contribution in [-0.4, -0.2) is 22.0 Å². The molecule has 0 spiro atoms.